The first kappa shape index (κ1) is 12.5. The van der Waals surface area contributed by atoms with Gasteiger partial charge in [0, 0.05) is 0 Å². The van der Waals surface area contributed by atoms with E-state index in [1.807, 2.05) is 0 Å². The molecular weight excluding hydrogens is 192 g/mol. The lowest BCUT2D eigenvalue weighted by molar-refractivity contribution is -0.163. The monoisotopic (exact) mass is 214 g/mol. The number of carboxylic acids is 1. The number of aliphatic hydroxyl groups is 1. The predicted octanol–water partition coefficient (Wildman–Crippen LogP) is 2.43. The summed E-state index contributed by atoms with van der Waals surface area (Å²) in [6.45, 7) is 6.61. The van der Waals surface area contributed by atoms with Crippen LogP contribution >= 0.6 is 0 Å². The molecule has 0 saturated heterocycles. The van der Waals surface area contributed by atoms with Crippen LogP contribution in [-0.4, -0.2) is 21.8 Å². The van der Waals surface area contributed by atoms with Gasteiger partial charge in [0.2, 0.25) is 0 Å². The summed E-state index contributed by atoms with van der Waals surface area (Å²) in [7, 11) is 0. The van der Waals surface area contributed by atoms with Crippen LogP contribution in [0.2, 0.25) is 0 Å². The first-order valence-corrected chi connectivity index (χ1v) is 5.77. The van der Waals surface area contributed by atoms with Crippen molar-refractivity contribution in [2.75, 3.05) is 0 Å². The minimum atomic E-state index is -1.46. The van der Waals surface area contributed by atoms with Crippen LogP contribution in [0.4, 0.5) is 0 Å². The maximum Gasteiger partial charge on any atom is 0.335 e. The molecule has 1 aliphatic rings. The average Bonchev–Trinajstić information content (AvgIpc) is 2.18. The van der Waals surface area contributed by atoms with Gasteiger partial charge in [-0.05, 0) is 37.0 Å². The zero-order valence-electron chi connectivity index (χ0n) is 9.92. The molecular formula is C12H22O3. The van der Waals surface area contributed by atoms with Gasteiger partial charge in [0.05, 0.1) is 0 Å². The Morgan fingerprint density at radius 3 is 2.20 bits per heavy atom. The molecule has 88 valence electrons. The van der Waals surface area contributed by atoms with Crippen molar-refractivity contribution in [1.82, 2.24) is 0 Å². The second-order valence-corrected chi connectivity index (χ2v) is 5.45. The topological polar surface area (TPSA) is 57.5 Å². The molecule has 0 aromatic rings. The van der Waals surface area contributed by atoms with Gasteiger partial charge in [-0.1, -0.05) is 27.2 Å². The molecule has 15 heavy (non-hydrogen) atoms. The summed E-state index contributed by atoms with van der Waals surface area (Å²) in [6, 6.07) is 0. The third-order valence-corrected chi connectivity index (χ3v) is 4.23. The van der Waals surface area contributed by atoms with E-state index in [9.17, 15) is 9.90 Å². The van der Waals surface area contributed by atoms with Crippen molar-refractivity contribution in [3.63, 3.8) is 0 Å². The summed E-state index contributed by atoms with van der Waals surface area (Å²) < 4.78 is 0. The van der Waals surface area contributed by atoms with Crippen LogP contribution in [0, 0.1) is 11.3 Å². The standard InChI is InChI=1S/C12H22O3/c1-4-11(2,3)9-5-7-12(15,8-6-9)10(13)14/h9,15H,4-8H2,1-3H3,(H,13,14). The summed E-state index contributed by atoms with van der Waals surface area (Å²) in [5, 5.41) is 18.7. The fourth-order valence-electron chi connectivity index (χ4n) is 2.38. The Morgan fingerprint density at radius 1 is 1.40 bits per heavy atom. The SMILES string of the molecule is CCC(C)(C)C1CCC(O)(C(=O)O)CC1. The van der Waals surface area contributed by atoms with Gasteiger partial charge in [0.25, 0.3) is 0 Å². The first-order chi connectivity index (χ1) is 6.82. The summed E-state index contributed by atoms with van der Waals surface area (Å²) in [6.07, 6.45) is 3.54. The molecule has 1 saturated carbocycles. The Hall–Kier alpha value is -0.570. The zero-order chi connectivity index (χ0) is 11.7. The maximum atomic E-state index is 10.9. The van der Waals surface area contributed by atoms with E-state index in [4.69, 9.17) is 5.11 Å². The molecule has 0 amide bonds. The Labute approximate surface area is 91.5 Å². The van der Waals surface area contributed by atoms with Crippen LogP contribution in [-0.2, 0) is 4.79 Å². The van der Waals surface area contributed by atoms with Gasteiger partial charge >= 0.3 is 5.97 Å². The van der Waals surface area contributed by atoms with Gasteiger partial charge in [-0.25, -0.2) is 4.79 Å². The molecule has 0 aliphatic heterocycles. The predicted molar refractivity (Wildman–Crippen MR) is 58.6 cm³/mol. The van der Waals surface area contributed by atoms with Gasteiger partial charge in [0.15, 0.2) is 5.60 Å². The molecule has 2 N–H and O–H groups in total. The van der Waals surface area contributed by atoms with Crippen molar-refractivity contribution in [2.24, 2.45) is 11.3 Å². The number of hydrogen-bond acceptors (Lipinski definition) is 2. The number of aliphatic carboxylic acids is 1. The van der Waals surface area contributed by atoms with E-state index in [1.165, 1.54) is 0 Å². The molecule has 0 aromatic heterocycles. The van der Waals surface area contributed by atoms with Gasteiger partial charge < -0.3 is 10.2 Å². The highest BCUT2D eigenvalue weighted by Gasteiger charge is 2.42. The minimum Gasteiger partial charge on any atom is -0.479 e. The van der Waals surface area contributed by atoms with Crippen LogP contribution in [0.5, 0.6) is 0 Å². The highest BCUT2D eigenvalue weighted by atomic mass is 16.4. The highest BCUT2D eigenvalue weighted by Crippen LogP contribution is 2.43. The van der Waals surface area contributed by atoms with Gasteiger partial charge in [-0.3, -0.25) is 0 Å². The van der Waals surface area contributed by atoms with E-state index in [0.29, 0.717) is 18.8 Å². The molecule has 1 rings (SSSR count). The van der Waals surface area contributed by atoms with Crippen molar-refractivity contribution in [3.05, 3.63) is 0 Å². The third-order valence-electron chi connectivity index (χ3n) is 4.23. The van der Waals surface area contributed by atoms with Crippen LogP contribution in [0.3, 0.4) is 0 Å². The lowest BCUT2D eigenvalue weighted by atomic mass is 9.66. The number of hydrogen-bond donors (Lipinski definition) is 2. The van der Waals surface area contributed by atoms with Gasteiger partial charge in [0.1, 0.15) is 0 Å². The molecule has 0 atom stereocenters. The molecule has 0 bridgehead atoms. The number of carbonyl (C=O) groups is 1. The third kappa shape index (κ3) is 2.51. The van der Waals surface area contributed by atoms with E-state index >= 15 is 0 Å². The molecule has 1 fully saturated rings. The quantitative estimate of drug-likeness (QED) is 0.758. The van der Waals surface area contributed by atoms with Crippen molar-refractivity contribution < 1.29 is 15.0 Å². The molecule has 3 heteroatoms. The summed E-state index contributed by atoms with van der Waals surface area (Å²) >= 11 is 0. The van der Waals surface area contributed by atoms with Crippen molar-refractivity contribution >= 4 is 5.97 Å². The van der Waals surface area contributed by atoms with E-state index in [0.717, 1.165) is 19.3 Å². The van der Waals surface area contributed by atoms with E-state index in [-0.39, 0.29) is 5.41 Å². The lowest BCUT2D eigenvalue weighted by Gasteiger charge is -2.40. The van der Waals surface area contributed by atoms with Gasteiger partial charge in [-0.15, -0.1) is 0 Å². The van der Waals surface area contributed by atoms with Crippen molar-refractivity contribution in [1.29, 1.82) is 0 Å². The Bertz CT molecular complexity index is 237. The Kier molecular flexibility index (Phi) is 3.44. The Balaban J connectivity index is 2.60. The van der Waals surface area contributed by atoms with Crippen molar-refractivity contribution in [2.45, 2.75) is 58.5 Å². The zero-order valence-corrected chi connectivity index (χ0v) is 9.92. The molecule has 1 aliphatic carbocycles. The largest absolute Gasteiger partial charge is 0.479 e. The fourth-order valence-corrected chi connectivity index (χ4v) is 2.38. The average molecular weight is 214 g/mol. The molecule has 3 nitrogen and oxygen atoms in total. The Morgan fingerprint density at radius 2 is 1.87 bits per heavy atom. The maximum absolute atomic E-state index is 10.9. The summed E-state index contributed by atoms with van der Waals surface area (Å²) in [5.41, 5.74) is -1.19. The second kappa shape index (κ2) is 4.12. The van der Waals surface area contributed by atoms with E-state index in [1.54, 1.807) is 0 Å². The highest BCUT2D eigenvalue weighted by molar-refractivity contribution is 5.77. The van der Waals surface area contributed by atoms with Crippen LogP contribution < -0.4 is 0 Å². The fraction of sp³-hybridized carbons (Fsp3) is 0.917. The van der Waals surface area contributed by atoms with Crippen LogP contribution in [0.15, 0.2) is 0 Å². The smallest absolute Gasteiger partial charge is 0.335 e. The van der Waals surface area contributed by atoms with Gasteiger partial charge in [-0.2, -0.15) is 0 Å². The normalized spacial score (nSPS) is 32.7. The molecule has 0 radical (unpaired) electrons. The van der Waals surface area contributed by atoms with Crippen molar-refractivity contribution in [3.8, 4) is 0 Å². The summed E-state index contributed by atoms with van der Waals surface area (Å²) in [4.78, 5) is 10.9. The molecule has 0 heterocycles. The first-order valence-electron chi connectivity index (χ1n) is 5.77. The minimum absolute atomic E-state index is 0.264. The number of carboxylic acid groups (broad SMARTS) is 1. The second-order valence-electron chi connectivity index (χ2n) is 5.45. The van der Waals surface area contributed by atoms with E-state index < -0.39 is 11.6 Å². The molecule has 0 aromatic carbocycles. The van der Waals surface area contributed by atoms with Crippen LogP contribution in [0.1, 0.15) is 52.9 Å². The number of rotatable bonds is 3. The van der Waals surface area contributed by atoms with E-state index in [2.05, 4.69) is 20.8 Å². The van der Waals surface area contributed by atoms with Crippen LogP contribution in [0.25, 0.3) is 0 Å². The molecule has 0 unspecified atom stereocenters. The molecule has 0 spiro atoms. The lowest BCUT2D eigenvalue weighted by Crippen LogP contribution is -2.44. The summed E-state index contributed by atoms with van der Waals surface area (Å²) in [5.74, 6) is -0.516.